The van der Waals surface area contributed by atoms with Gasteiger partial charge in [0.25, 0.3) is 5.91 Å². The number of para-hydroxylation sites is 1. The zero-order chi connectivity index (χ0) is 19.1. The summed E-state index contributed by atoms with van der Waals surface area (Å²) in [6.45, 7) is 2.19. The average molecular weight is 385 g/mol. The molecule has 0 saturated heterocycles. The molecule has 3 rings (SSSR count). The summed E-state index contributed by atoms with van der Waals surface area (Å²) in [4.78, 5) is 28.1. The topological polar surface area (TPSA) is 89.5 Å². The van der Waals surface area contributed by atoms with Gasteiger partial charge in [0.05, 0.1) is 23.4 Å². The van der Waals surface area contributed by atoms with Gasteiger partial charge in [0, 0.05) is 0 Å². The average Bonchev–Trinajstić information content (AvgIpc) is 3.07. The summed E-state index contributed by atoms with van der Waals surface area (Å²) in [5, 5.41) is 5.67. The second kappa shape index (κ2) is 9.00. The molecule has 2 N–H and O–H groups in total. The summed E-state index contributed by atoms with van der Waals surface area (Å²) in [6.07, 6.45) is 0. The Morgan fingerprint density at radius 1 is 1.04 bits per heavy atom. The highest BCUT2D eigenvalue weighted by atomic mass is 32.1. The number of anilines is 1. The van der Waals surface area contributed by atoms with Crippen LogP contribution in [0.15, 0.2) is 48.5 Å². The molecule has 27 heavy (non-hydrogen) atoms. The molecule has 2 aromatic carbocycles. The summed E-state index contributed by atoms with van der Waals surface area (Å²) >= 11 is 1.35. The highest BCUT2D eigenvalue weighted by Crippen LogP contribution is 2.29. The van der Waals surface area contributed by atoms with Crippen LogP contribution in [-0.2, 0) is 9.59 Å². The van der Waals surface area contributed by atoms with E-state index in [-0.39, 0.29) is 25.0 Å². The van der Waals surface area contributed by atoms with Crippen LogP contribution < -0.4 is 20.1 Å². The molecule has 0 atom stereocenters. The van der Waals surface area contributed by atoms with Crippen LogP contribution in [0.25, 0.3) is 10.2 Å². The standard InChI is InChI=1S/C19H19N3O4S/c1-2-25-14-8-9-15-16(10-14)27-19(21-15)22-17(23)11-20-18(24)12-26-13-6-4-3-5-7-13/h3-10H,2,11-12H2,1H3,(H,20,24)(H,21,22,23). The highest BCUT2D eigenvalue weighted by molar-refractivity contribution is 7.22. The Hall–Kier alpha value is -3.13. The van der Waals surface area contributed by atoms with Crippen LogP contribution in [-0.4, -0.2) is 36.6 Å². The molecule has 140 valence electrons. The van der Waals surface area contributed by atoms with Crippen LogP contribution in [0.3, 0.4) is 0 Å². The molecule has 8 heteroatoms. The van der Waals surface area contributed by atoms with Crippen LogP contribution in [0.1, 0.15) is 6.92 Å². The van der Waals surface area contributed by atoms with E-state index in [0.29, 0.717) is 17.5 Å². The third kappa shape index (κ3) is 5.42. The summed E-state index contributed by atoms with van der Waals surface area (Å²) in [5.41, 5.74) is 0.777. The van der Waals surface area contributed by atoms with E-state index >= 15 is 0 Å². The van der Waals surface area contributed by atoms with Gasteiger partial charge >= 0.3 is 0 Å². The molecule has 0 spiro atoms. The van der Waals surface area contributed by atoms with Crippen LogP contribution in [0.5, 0.6) is 11.5 Å². The molecule has 7 nitrogen and oxygen atoms in total. The molecular weight excluding hydrogens is 366 g/mol. The van der Waals surface area contributed by atoms with Gasteiger partial charge in [0.15, 0.2) is 11.7 Å². The largest absolute Gasteiger partial charge is 0.494 e. The normalized spacial score (nSPS) is 10.4. The fourth-order valence-electron chi connectivity index (χ4n) is 2.27. The van der Waals surface area contributed by atoms with E-state index < -0.39 is 0 Å². The van der Waals surface area contributed by atoms with E-state index in [4.69, 9.17) is 9.47 Å². The van der Waals surface area contributed by atoms with Gasteiger partial charge in [0.1, 0.15) is 11.5 Å². The summed E-state index contributed by atoms with van der Waals surface area (Å²) in [6, 6.07) is 14.6. The van der Waals surface area contributed by atoms with Crippen molar-refractivity contribution in [2.24, 2.45) is 0 Å². The number of fused-ring (bicyclic) bond motifs is 1. The van der Waals surface area contributed by atoms with Crippen LogP contribution in [0, 0.1) is 0 Å². The number of benzene rings is 2. The first kappa shape index (κ1) is 18.7. The molecule has 2 amide bonds. The Labute approximate surface area is 160 Å². The van der Waals surface area contributed by atoms with Crippen molar-refractivity contribution in [2.75, 3.05) is 25.1 Å². The molecule has 0 aliphatic rings. The Kier molecular flexibility index (Phi) is 6.22. The van der Waals surface area contributed by atoms with Gasteiger partial charge in [-0.1, -0.05) is 29.5 Å². The van der Waals surface area contributed by atoms with Gasteiger partial charge in [-0.2, -0.15) is 0 Å². The Bertz CT molecular complexity index is 927. The zero-order valence-corrected chi connectivity index (χ0v) is 15.5. The smallest absolute Gasteiger partial charge is 0.258 e. The number of thiazole rings is 1. The number of rotatable bonds is 8. The van der Waals surface area contributed by atoms with Gasteiger partial charge in [-0.3, -0.25) is 9.59 Å². The quantitative estimate of drug-likeness (QED) is 0.622. The summed E-state index contributed by atoms with van der Waals surface area (Å²) < 4.78 is 11.7. The minimum absolute atomic E-state index is 0.154. The zero-order valence-electron chi connectivity index (χ0n) is 14.7. The van der Waals surface area contributed by atoms with Gasteiger partial charge in [-0.25, -0.2) is 4.98 Å². The van der Waals surface area contributed by atoms with Gasteiger partial charge in [0.2, 0.25) is 5.91 Å². The van der Waals surface area contributed by atoms with Crippen molar-refractivity contribution in [1.82, 2.24) is 10.3 Å². The van der Waals surface area contributed by atoms with Crippen LogP contribution >= 0.6 is 11.3 Å². The predicted octanol–water partition coefficient (Wildman–Crippen LogP) is 2.83. The number of hydrogen-bond acceptors (Lipinski definition) is 6. The van der Waals surface area contributed by atoms with E-state index in [1.54, 1.807) is 12.1 Å². The monoisotopic (exact) mass is 385 g/mol. The SMILES string of the molecule is CCOc1ccc2nc(NC(=O)CNC(=O)COc3ccccc3)sc2c1. The van der Waals surface area contributed by atoms with E-state index in [1.807, 2.05) is 43.3 Å². The lowest BCUT2D eigenvalue weighted by Crippen LogP contribution is -2.35. The van der Waals surface area contributed by atoms with Crippen molar-refractivity contribution in [1.29, 1.82) is 0 Å². The lowest BCUT2D eigenvalue weighted by Gasteiger charge is -2.07. The van der Waals surface area contributed by atoms with Crippen molar-refractivity contribution in [3.63, 3.8) is 0 Å². The number of amides is 2. The number of carbonyl (C=O) groups is 2. The molecule has 1 heterocycles. The maximum atomic E-state index is 12.0. The third-order valence-electron chi connectivity index (χ3n) is 3.48. The van der Waals surface area contributed by atoms with E-state index in [9.17, 15) is 9.59 Å². The molecule has 0 saturated carbocycles. The Balaban J connectivity index is 1.47. The van der Waals surface area contributed by atoms with E-state index in [0.717, 1.165) is 16.0 Å². The molecular formula is C19H19N3O4S. The number of ether oxygens (including phenoxy) is 2. The first-order chi connectivity index (χ1) is 13.1. The first-order valence-corrected chi connectivity index (χ1v) is 9.23. The van der Waals surface area contributed by atoms with Gasteiger partial charge in [-0.05, 0) is 37.3 Å². The Morgan fingerprint density at radius 2 is 1.85 bits per heavy atom. The molecule has 0 aliphatic heterocycles. The molecule has 0 bridgehead atoms. The minimum atomic E-state index is -0.375. The van der Waals surface area contributed by atoms with Gasteiger partial charge in [-0.15, -0.1) is 0 Å². The maximum absolute atomic E-state index is 12.0. The maximum Gasteiger partial charge on any atom is 0.258 e. The van der Waals surface area contributed by atoms with Crippen molar-refractivity contribution >= 4 is 38.5 Å². The van der Waals surface area contributed by atoms with E-state index in [2.05, 4.69) is 15.6 Å². The van der Waals surface area contributed by atoms with Crippen LogP contribution in [0.4, 0.5) is 5.13 Å². The third-order valence-corrected chi connectivity index (χ3v) is 4.41. The molecule has 0 unspecified atom stereocenters. The second-order valence-electron chi connectivity index (χ2n) is 5.51. The fraction of sp³-hybridized carbons (Fsp3) is 0.211. The van der Waals surface area contributed by atoms with E-state index in [1.165, 1.54) is 11.3 Å². The lowest BCUT2D eigenvalue weighted by molar-refractivity contribution is -0.125. The fourth-order valence-corrected chi connectivity index (χ4v) is 3.18. The number of aromatic nitrogens is 1. The Morgan fingerprint density at radius 3 is 2.63 bits per heavy atom. The van der Waals surface area contributed by atoms with Gasteiger partial charge < -0.3 is 20.1 Å². The second-order valence-corrected chi connectivity index (χ2v) is 6.54. The summed E-state index contributed by atoms with van der Waals surface area (Å²) in [5.74, 6) is 0.627. The van der Waals surface area contributed by atoms with Crippen molar-refractivity contribution in [2.45, 2.75) is 6.92 Å². The molecule has 0 fully saturated rings. The van der Waals surface area contributed by atoms with Crippen molar-refractivity contribution < 1.29 is 19.1 Å². The lowest BCUT2D eigenvalue weighted by atomic mass is 10.3. The van der Waals surface area contributed by atoms with Crippen molar-refractivity contribution in [3.05, 3.63) is 48.5 Å². The number of nitrogens with zero attached hydrogens (tertiary/aromatic N) is 1. The summed E-state index contributed by atoms with van der Waals surface area (Å²) in [7, 11) is 0. The molecule has 1 aromatic heterocycles. The van der Waals surface area contributed by atoms with Crippen molar-refractivity contribution in [3.8, 4) is 11.5 Å². The van der Waals surface area contributed by atoms with Crippen LogP contribution in [0.2, 0.25) is 0 Å². The molecule has 0 aliphatic carbocycles. The first-order valence-electron chi connectivity index (χ1n) is 8.42. The number of nitrogens with one attached hydrogen (secondary N) is 2. The number of hydrogen-bond donors (Lipinski definition) is 2. The number of carbonyl (C=O) groups excluding carboxylic acids is 2. The predicted molar refractivity (Wildman–Crippen MR) is 104 cm³/mol. The minimum Gasteiger partial charge on any atom is -0.494 e. The molecule has 0 radical (unpaired) electrons. The molecule has 3 aromatic rings. The highest BCUT2D eigenvalue weighted by Gasteiger charge is 2.10.